The minimum Gasteiger partial charge on any atom is -0.497 e. The van der Waals surface area contributed by atoms with E-state index in [1.165, 1.54) is 0 Å². The average molecular weight is 319 g/mol. The van der Waals surface area contributed by atoms with Gasteiger partial charge in [-0.25, -0.2) is 0 Å². The Balaban J connectivity index is 3.03. The maximum absolute atomic E-state index is 11.4. The third-order valence-electron chi connectivity index (χ3n) is 4.57. The molecule has 1 rings (SSSR count). The molecule has 0 bridgehead atoms. The number of aldehydes is 2. The van der Waals surface area contributed by atoms with Gasteiger partial charge in [0.05, 0.1) is 7.11 Å². The first-order valence-corrected chi connectivity index (χ1v) is 8.40. The molecule has 0 aliphatic carbocycles. The van der Waals surface area contributed by atoms with Crippen LogP contribution >= 0.6 is 0 Å². The smallest absolute Gasteiger partial charge is 0.150 e. The van der Waals surface area contributed by atoms with Crippen LogP contribution in [0.25, 0.3) is 0 Å². The largest absolute Gasteiger partial charge is 0.497 e. The summed E-state index contributed by atoms with van der Waals surface area (Å²) in [6, 6.07) is 5.51. The zero-order valence-corrected chi connectivity index (χ0v) is 14.7. The number of rotatable bonds is 11. The average Bonchev–Trinajstić information content (AvgIpc) is 2.59. The molecule has 23 heavy (non-hydrogen) atoms. The molecule has 0 heterocycles. The van der Waals surface area contributed by atoms with Gasteiger partial charge in [-0.1, -0.05) is 32.8 Å². The van der Waals surface area contributed by atoms with E-state index in [9.17, 15) is 9.59 Å². The van der Waals surface area contributed by atoms with Gasteiger partial charge in [-0.15, -0.1) is 0 Å². The molecule has 0 fully saturated rings. The molecule has 0 aliphatic heterocycles. The highest BCUT2D eigenvalue weighted by molar-refractivity contribution is 5.78. The van der Waals surface area contributed by atoms with Crippen LogP contribution in [0, 0.1) is 0 Å². The fourth-order valence-corrected chi connectivity index (χ4v) is 3.04. The molecule has 0 radical (unpaired) electrons. The Labute approximate surface area is 139 Å². The lowest BCUT2D eigenvalue weighted by molar-refractivity contribution is -0.109. The zero-order chi connectivity index (χ0) is 17.3. The van der Waals surface area contributed by atoms with Crippen LogP contribution in [0.1, 0.15) is 74.8 Å². The van der Waals surface area contributed by atoms with E-state index in [4.69, 9.17) is 4.74 Å². The van der Waals surface area contributed by atoms with E-state index in [0.29, 0.717) is 17.7 Å². The van der Waals surface area contributed by atoms with Crippen molar-refractivity contribution in [2.45, 2.75) is 64.5 Å². The van der Waals surface area contributed by atoms with Gasteiger partial charge in [0.25, 0.3) is 0 Å². The SMILES string of the molecule is CCCC[C@](CC)(CC=O)N[C@H](C)c1ccc(OC)cc1C=O. The molecule has 4 heteroatoms. The summed E-state index contributed by atoms with van der Waals surface area (Å²) < 4.78 is 5.18. The summed E-state index contributed by atoms with van der Waals surface area (Å²) in [6.07, 6.45) is 6.34. The Hall–Kier alpha value is -1.68. The zero-order valence-electron chi connectivity index (χ0n) is 14.7. The Morgan fingerprint density at radius 1 is 1.30 bits per heavy atom. The van der Waals surface area contributed by atoms with Gasteiger partial charge in [0, 0.05) is 23.6 Å². The van der Waals surface area contributed by atoms with Gasteiger partial charge in [0.1, 0.15) is 12.0 Å². The predicted molar refractivity (Wildman–Crippen MR) is 93.2 cm³/mol. The van der Waals surface area contributed by atoms with Gasteiger partial charge < -0.3 is 14.8 Å². The topological polar surface area (TPSA) is 55.4 Å². The van der Waals surface area contributed by atoms with E-state index < -0.39 is 0 Å². The van der Waals surface area contributed by atoms with E-state index in [1.807, 2.05) is 19.1 Å². The third kappa shape index (κ3) is 5.17. The van der Waals surface area contributed by atoms with Crippen LogP contribution in [0.2, 0.25) is 0 Å². The number of benzene rings is 1. The van der Waals surface area contributed by atoms with Crippen LogP contribution in [0.3, 0.4) is 0 Å². The van der Waals surface area contributed by atoms with Gasteiger partial charge in [0.2, 0.25) is 0 Å². The van der Waals surface area contributed by atoms with Crippen LogP contribution < -0.4 is 10.1 Å². The van der Waals surface area contributed by atoms with Crippen molar-refractivity contribution in [3.63, 3.8) is 0 Å². The molecule has 1 aromatic carbocycles. The molecule has 0 saturated carbocycles. The minimum absolute atomic E-state index is 0.0159. The molecule has 128 valence electrons. The monoisotopic (exact) mass is 319 g/mol. The second-order valence-electron chi connectivity index (χ2n) is 6.09. The van der Waals surface area contributed by atoms with Crippen LogP contribution in [0.5, 0.6) is 5.75 Å². The standard InChI is InChI=1S/C19H29NO3/c1-5-7-10-19(6-2,11-12-21)20-15(3)18-9-8-17(23-4)13-16(18)14-22/h8-9,12-15,20H,5-7,10-11H2,1-4H3/t15-,19-/m1/s1. The van der Waals surface area contributed by atoms with Crippen molar-refractivity contribution in [1.29, 1.82) is 0 Å². The summed E-state index contributed by atoms with van der Waals surface area (Å²) in [7, 11) is 1.59. The van der Waals surface area contributed by atoms with Crippen molar-refractivity contribution in [2.75, 3.05) is 7.11 Å². The normalized spacial score (nSPS) is 14.8. The number of hydrogen-bond acceptors (Lipinski definition) is 4. The Bertz CT molecular complexity index is 515. The van der Waals surface area contributed by atoms with E-state index in [1.54, 1.807) is 13.2 Å². The van der Waals surface area contributed by atoms with Gasteiger partial charge in [-0.2, -0.15) is 0 Å². The quantitative estimate of drug-likeness (QED) is 0.624. The summed E-state index contributed by atoms with van der Waals surface area (Å²) in [6.45, 7) is 6.29. The van der Waals surface area contributed by atoms with E-state index >= 15 is 0 Å². The van der Waals surface area contributed by atoms with Crippen molar-refractivity contribution >= 4 is 12.6 Å². The van der Waals surface area contributed by atoms with Gasteiger partial charge >= 0.3 is 0 Å². The lowest BCUT2D eigenvalue weighted by Crippen LogP contribution is -2.46. The number of unbranched alkanes of at least 4 members (excludes halogenated alkanes) is 1. The molecule has 0 amide bonds. The first kappa shape index (κ1) is 19.4. The Morgan fingerprint density at radius 2 is 2.04 bits per heavy atom. The molecule has 0 saturated heterocycles. The van der Waals surface area contributed by atoms with Crippen LogP contribution in [0.4, 0.5) is 0 Å². The highest BCUT2D eigenvalue weighted by Crippen LogP contribution is 2.28. The van der Waals surface area contributed by atoms with Gasteiger partial charge in [0.15, 0.2) is 6.29 Å². The number of carbonyl (C=O) groups excluding carboxylic acids is 2. The maximum atomic E-state index is 11.4. The lowest BCUT2D eigenvalue weighted by atomic mass is 9.85. The van der Waals surface area contributed by atoms with Gasteiger partial charge in [-0.3, -0.25) is 4.79 Å². The number of hydrogen-bond donors (Lipinski definition) is 1. The van der Waals surface area contributed by atoms with Crippen LogP contribution in [0.15, 0.2) is 18.2 Å². The second-order valence-corrected chi connectivity index (χ2v) is 6.09. The predicted octanol–water partition coefficient (Wildman–Crippen LogP) is 4.09. The number of nitrogens with one attached hydrogen (secondary N) is 1. The molecule has 0 unspecified atom stereocenters. The fraction of sp³-hybridized carbons (Fsp3) is 0.579. The molecular weight excluding hydrogens is 290 g/mol. The summed E-state index contributed by atoms with van der Waals surface area (Å²) in [4.78, 5) is 22.5. The second kappa shape index (κ2) is 9.46. The van der Waals surface area contributed by atoms with Crippen molar-refractivity contribution in [2.24, 2.45) is 0 Å². The molecule has 1 N–H and O–H groups in total. The summed E-state index contributed by atoms with van der Waals surface area (Å²) in [5.41, 5.74) is 1.34. The highest BCUT2D eigenvalue weighted by atomic mass is 16.5. The van der Waals surface area contributed by atoms with Gasteiger partial charge in [-0.05, 0) is 37.5 Å². The molecule has 1 aromatic rings. The molecule has 4 nitrogen and oxygen atoms in total. The van der Waals surface area contributed by atoms with Crippen LogP contribution in [-0.4, -0.2) is 25.2 Å². The Morgan fingerprint density at radius 3 is 2.57 bits per heavy atom. The van der Waals surface area contributed by atoms with E-state index in [-0.39, 0.29) is 11.6 Å². The van der Waals surface area contributed by atoms with Crippen LogP contribution in [-0.2, 0) is 4.79 Å². The molecule has 2 atom stereocenters. The van der Waals surface area contributed by atoms with Crippen molar-refractivity contribution in [3.8, 4) is 5.75 Å². The number of methoxy groups -OCH3 is 1. The third-order valence-corrected chi connectivity index (χ3v) is 4.57. The summed E-state index contributed by atoms with van der Waals surface area (Å²) >= 11 is 0. The first-order valence-electron chi connectivity index (χ1n) is 8.40. The maximum Gasteiger partial charge on any atom is 0.150 e. The molecule has 0 aliphatic rings. The molecular formula is C19H29NO3. The fourth-order valence-electron chi connectivity index (χ4n) is 3.04. The Kier molecular flexibility index (Phi) is 7.96. The molecule has 0 aromatic heterocycles. The minimum atomic E-state index is -0.211. The summed E-state index contributed by atoms with van der Waals surface area (Å²) in [5, 5.41) is 3.61. The van der Waals surface area contributed by atoms with E-state index in [0.717, 1.165) is 43.8 Å². The molecule has 0 spiro atoms. The first-order chi connectivity index (χ1) is 11.1. The summed E-state index contributed by atoms with van der Waals surface area (Å²) in [5.74, 6) is 0.670. The van der Waals surface area contributed by atoms with E-state index in [2.05, 4.69) is 19.2 Å². The highest BCUT2D eigenvalue weighted by Gasteiger charge is 2.29. The number of carbonyl (C=O) groups is 2. The lowest BCUT2D eigenvalue weighted by Gasteiger charge is -2.36. The van der Waals surface area contributed by atoms with Crippen molar-refractivity contribution in [1.82, 2.24) is 5.32 Å². The number of ether oxygens (including phenoxy) is 1. The van der Waals surface area contributed by atoms with Crippen molar-refractivity contribution in [3.05, 3.63) is 29.3 Å². The van der Waals surface area contributed by atoms with Crippen molar-refractivity contribution < 1.29 is 14.3 Å².